The Balaban J connectivity index is -0.0000000800. The van der Waals surface area contributed by atoms with Crippen molar-refractivity contribution < 1.29 is 17.0 Å². The first-order valence-electron chi connectivity index (χ1n) is 1.90. The van der Waals surface area contributed by atoms with E-state index in [0.717, 1.165) is 6.42 Å². The molecule has 0 atom stereocenters. The van der Waals surface area contributed by atoms with Crippen LogP contribution in [0.5, 0.6) is 0 Å². The summed E-state index contributed by atoms with van der Waals surface area (Å²) in [6.07, 6.45) is 6.00. The second kappa shape index (κ2) is 15.8. The quantitative estimate of drug-likeness (QED) is 0.331. The smallest absolute Gasteiger partial charge is 1.00 e. The molecule has 0 aromatic carbocycles. The van der Waals surface area contributed by atoms with Gasteiger partial charge in [0.15, 0.2) is 0 Å². The van der Waals surface area contributed by atoms with Crippen LogP contribution in [0.1, 0.15) is 20.3 Å². The summed E-state index contributed by atoms with van der Waals surface area (Å²) >= 11 is 0. The van der Waals surface area contributed by atoms with E-state index in [1.807, 2.05) is 13.0 Å². The predicted octanol–water partition coefficient (Wildman–Crippen LogP) is -1.60. The molecular formula is C5H9BrMg. The van der Waals surface area contributed by atoms with Gasteiger partial charge in [0.2, 0.25) is 0 Å². The second-order valence-electron chi connectivity index (χ2n) is 0.901. The minimum absolute atomic E-state index is 0. The molecule has 0 nitrogen and oxygen atoms in total. The van der Waals surface area contributed by atoms with E-state index in [1.165, 1.54) is 0 Å². The van der Waals surface area contributed by atoms with Crippen molar-refractivity contribution in [3.63, 3.8) is 0 Å². The number of halogens is 1. The summed E-state index contributed by atoms with van der Waals surface area (Å²) in [6.45, 7) is 4.00. The standard InChI is InChI=1S/C5H9.BrH.Mg/c1-3-5-4-2;;/h5H,3H2,1-2H3;1H;/q-1;;+2/p-1. The number of allylic oxidation sites excluding steroid dienone is 2. The fourth-order valence-corrected chi connectivity index (χ4v) is 0.204. The van der Waals surface area contributed by atoms with Gasteiger partial charge in [-0.25, -0.2) is 0 Å². The van der Waals surface area contributed by atoms with Gasteiger partial charge in [-0.1, -0.05) is 13.3 Å². The zero-order valence-corrected chi connectivity index (χ0v) is 7.87. The normalized spacial score (nSPS) is 7.14. The Bertz CT molecular complexity index is 35.1. The average molecular weight is 173 g/mol. The Kier molecular flexibility index (Phi) is 35.3. The van der Waals surface area contributed by atoms with Gasteiger partial charge in [-0.2, -0.15) is 6.92 Å². The van der Waals surface area contributed by atoms with Crippen molar-refractivity contribution in [3.8, 4) is 0 Å². The van der Waals surface area contributed by atoms with E-state index in [4.69, 9.17) is 0 Å². The van der Waals surface area contributed by atoms with Crippen molar-refractivity contribution >= 4 is 23.1 Å². The number of hydrogen-bond acceptors (Lipinski definition) is 0. The minimum atomic E-state index is 0. The van der Waals surface area contributed by atoms with Crippen LogP contribution in [0.4, 0.5) is 0 Å². The molecule has 0 amide bonds. The molecular weight excluding hydrogens is 164 g/mol. The van der Waals surface area contributed by atoms with E-state index in [2.05, 4.69) is 13.0 Å². The third-order valence-electron chi connectivity index (χ3n) is 0.408. The van der Waals surface area contributed by atoms with Gasteiger partial charge in [0.25, 0.3) is 0 Å². The van der Waals surface area contributed by atoms with Gasteiger partial charge in [-0.05, 0) is 0 Å². The fourth-order valence-electron chi connectivity index (χ4n) is 0.204. The molecule has 0 aromatic heterocycles. The molecule has 0 saturated carbocycles. The van der Waals surface area contributed by atoms with Crippen molar-refractivity contribution in [2.24, 2.45) is 0 Å². The monoisotopic (exact) mass is 172 g/mol. The molecule has 0 unspecified atom stereocenters. The van der Waals surface area contributed by atoms with Gasteiger partial charge < -0.3 is 23.1 Å². The molecule has 2 heteroatoms. The van der Waals surface area contributed by atoms with Crippen molar-refractivity contribution in [3.05, 3.63) is 12.2 Å². The van der Waals surface area contributed by atoms with E-state index in [0.29, 0.717) is 0 Å². The van der Waals surface area contributed by atoms with E-state index < -0.39 is 0 Å². The fraction of sp³-hybridized carbons (Fsp3) is 0.600. The molecule has 0 aromatic rings. The van der Waals surface area contributed by atoms with E-state index >= 15 is 0 Å². The average Bonchev–Trinajstić information content (AvgIpc) is 1.41. The summed E-state index contributed by atoms with van der Waals surface area (Å²) in [4.78, 5) is 0. The predicted molar refractivity (Wildman–Crippen MR) is 29.5 cm³/mol. The van der Waals surface area contributed by atoms with Crippen LogP contribution < -0.4 is 17.0 Å². The summed E-state index contributed by atoms with van der Waals surface area (Å²) in [5.41, 5.74) is 0. The first-order valence-corrected chi connectivity index (χ1v) is 1.90. The molecule has 0 saturated heterocycles. The third-order valence-corrected chi connectivity index (χ3v) is 0.408. The summed E-state index contributed by atoms with van der Waals surface area (Å²) in [6, 6.07) is 0. The van der Waals surface area contributed by atoms with Gasteiger partial charge in [0.1, 0.15) is 0 Å². The second-order valence-corrected chi connectivity index (χ2v) is 0.901. The molecule has 7 heavy (non-hydrogen) atoms. The van der Waals surface area contributed by atoms with Gasteiger partial charge in [0, 0.05) is 0 Å². The van der Waals surface area contributed by atoms with E-state index in [-0.39, 0.29) is 40.0 Å². The Morgan fingerprint density at radius 3 is 2.00 bits per heavy atom. The van der Waals surface area contributed by atoms with E-state index in [1.54, 1.807) is 0 Å². The van der Waals surface area contributed by atoms with Gasteiger partial charge in [0.05, 0.1) is 0 Å². The van der Waals surface area contributed by atoms with Crippen LogP contribution >= 0.6 is 0 Å². The summed E-state index contributed by atoms with van der Waals surface area (Å²) < 4.78 is 0. The van der Waals surface area contributed by atoms with Crippen LogP contribution in [-0.4, -0.2) is 23.1 Å². The Labute approximate surface area is 72.3 Å². The molecule has 0 bridgehead atoms. The van der Waals surface area contributed by atoms with Crippen molar-refractivity contribution in [2.45, 2.75) is 20.3 Å². The van der Waals surface area contributed by atoms with Gasteiger partial charge in [-0.3, -0.25) is 6.08 Å². The number of rotatable bonds is 1. The summed E-state index contributed by atoms with van der Waals surface area (Å²) in [7, 11) is 0. The molecule has 0 N–H and O–H groups in total. The zero-order valence-electron chi connectivity index (χ0n) is 4.87. The molecule has 0 aliphatic heterocycles. The van der Waals surface area contributed by atoms with Crippen molar-refractivity contribution in [1.29, 1.82) is 0 Å². The maximum Gasteiger partial charge on any atom is 2.00 e. The molecule has 0 aliphatic carbocycles. The van der Waals surface area contributed by atoms with Crippen LogP contribution in [0.15, 0.2) is 6.08 Å². The Morgan fingerprint density at radius 2 is 2.00 bits per heavy atom. The topological polar surface area (TPSA) is 0 Å². The molecule has 38 valence electrons. The van der Waals surface area contributed by atoms with Crippen LogP contribution in [0.2, 0.25) is 0 Å². The van der Waals surface area contributed by atoms with Crippen LogP contribution in [-0.2, 0) is 0 Å². The molecule has 0 aliphatic rings. The van der Waals surface area contributed by atoms with Gasteiger partial charge in [-0.15, -0.1) is 0 Å². The first-order chi connectivity index (χ1) is 2.41. The molecule has 0 radical (unpaired) electrons. The third kappa shape index (κ3) is 19.5. The van der Waals surface area contributed by atoms with Crippen LogP contribution in [0.25, 0.3) is 0 Å². The maximum absolute atomic E-state index is 2.89. The van der Waals surface area contributed by atoms with Crippen LogP contribution in [0.3, 0.4) is 0 Å². The molecule has 0 fully saturated rings. The van der Waals surface area contributed by atoms with E-state index in [9.17, 15) is 0 Å². The summed E-state index contributed by atoms with van der Waals surface area (Å²) in [5.74, 6) is 0. The molecule has 0 rings (SSSR count). The van der Waals surface area contributed by atoms with Gasteiger partial charge >= 0.3 is 23.1 Å². The Morgan fingerprint density at radius 1 is 1.57 bits per heavy atom. The Hall–Kier alpha value is 0.986. The summed E-state index contributed by atoms with van der Waals surface area (Å²) in [5, 5.41) is 0. The number of hydrogen-bond donors (Lipinski definition) is 0. The van der Waals surface area contributed by atoms with Crippen LogP contribution in [0, 0.1) is 6.08 Å². The van der Waals surface area contributed by atoms with Crippen molar-refractivity contribution in [1.82, 2.24) is 0 Å². The maximum atomic E-state index is 2.89. The van der Waals surface area contributed by atoms with Crippen molar-refractivity contribution in [2.75, 3.05) is 0 Å². The zero-order chi connectivity index (χ0) is 4.12. The molecule has 0 heterocycles. The SMILES string of the molecule is C[C-]=CCC.[Br-].[Mg+2]. The minimum Gasteiger partial charge on any atom is -1.00 e. The molecule has 0 spiro atoms. The largest absolute Gasteiger partial charge is 2.00 e. The first kappa shape index (κ1) is 15.7.